The van der Waals surface area contributed by atoms with Crippen molar-refractivity contribution in [2.24, 2.45) is 0 Å². The van der Waals surface area contributed by atoms with Crippen LogP contribution in [-0.4, -0.2) is 35.1 Å². The van der Waals surface area contributed by atoms with Crippen molar-refractivity contribution in [1.82, 2.24) is 20.3 Å². The van der Waals surface area contributed by atoms with Gasteiger partial charge in [0.1, 0.15) is 17.0 Å². The Morgan fingerprint density at radius 3 is 2.69 bits per heavy atom. The molecule has 1 atom stereocenters. The molecular formula is C19H22N4O3. The quantitative estimate of drug-likeness (QED) is 0.736. The minimum absolute atomic E-state index is 0.177. The number of carbonyl (C=O) groups excluding carboxylic acids is 1. The van der Waals surface area contributed by atoms with Gasteiger partial charge in [-0.25, -0.2) is 4.68 Å². The molecule has 0 saturated heterocycles. The van der Waals surface area contributed by atoms with Crippen LogP contribution in [0.15, 0.2) is 36.4 Å². The van der Waals surface area contributed by atoms with Gasteiger partial charge in [0.2, 0.25) is 0 Å². The van der Waals surface area contributed by atoms with Crippen molar-refractivity contribution in [2.45, 2.75) is 26.4 Å². The van der Waals surface area contributed by atoms with Crippen molar-refractivity contribution < 1.29 is 14.3 Å². The lowest BCUT2D eigenvalue weighted by atomic mass is 10.1. The van der Waals surface area contributed by atoms with E-state index in [1.807, 2.05) is 32.0 Å². The van der Waals surface area contributed by atoms with E-state index < -0.39 is 0 Å². The Balaban J connectivity index is 1.81. The SMILES string of the molecule is CCn1nnc2cc(C(=O)NC(C)c3ccc(OC)cc3OC)ccc21. The molecule has 1 heterocycles. The zero-order valence-corrected chi connectivity index (χ0v) is 15.3. The molecule has 26 heavy (non-hydrogen) atoms. The van der Waals surface area contributed by atoms with E-state index in [1.165, 1.54) is 0 Å². The standard InChI is InChI=1S/C19H22N4O3/c1-5-23-17-9-6-13(10-16(17)21-22-23)19(24)20-12(2)15-8-7-14(25-3)11-18(15)26-4/h6-12H,5H2,1-4H3,(H,20,24). The predicted octanol–water partition coefficient (Wildman–Crippen LogP) is 2.96. The number of fused-ring (bicyclic) bond motifs is 1. The Morgan fingerprint density at radius 1 is 1.19 bits per heavy atom. The average molecular weight is 354 g/mol. The fourth-order valence-corrected chi connectivity index (χ4v) is 2.88. The second kappa shape index (κ2) is 7.43. The van der Waals surface area contributed by atoms with Crippen LogP contribution in [0.4, 0.5) is 0 Å². The third kappa shape index (κ3) is 3.33. The van der Waals surface area contributed by atoms with Crippen molar-refractivity contribution in [3.8, 4) is 11.5 Å². The first-order valence-electron chi connectivity index (χ1n) is 8.43. The van der Waals surface area contributed by atoms with Gasteiger partial charge >= 0.3 is 0 Å². The summed E-state index contributed by atoms with van der Waals surface area (Å²) in [5.74, 6) is 1.19. The summed E-state index contributed by atoms with van der Waals surface area (Å²) in [7, 11) is 3.20. The van der Waals surface area contributed by atoms with E-state index in [4.69, 9.17) is 9.47 Å². The highest BCUT2D eigenvalue weighted by atomic mass is 16.5. The van der Waals surface area contributed by atoms with E-state index in [1.54, 1.807) is 37.1 Å². The molecule has 3 rings (SSSR count). The van der Waals surface area contributed by atoms with Crippen molar-refractivity contribution in [3.63, 3.8) is 0 Å². The number of hydrogen-bond donors (Lipinski definition) is 1. The molecule has 0 bridgehead atoms. The Labute approximate surface area is 151 Å². The van der Waals surface area contributed by atoms with Crippen molar-refractivity contribution in [3.05, 3.63) is 47.5 Å². The number of aromatic nitrogens is 3. The first-order valence-corrected chi connectivity index (χ1v) is 8.43. The summed E-state index contributed by atoms with van der Waals surface area (Å²) in [4.78, 5) is 12.6. The van der Waals surface area contributed by atoms with Gasteiger partial charge in [-0.15, -0.1) is 5.10 Å². The average Bonchev–Trinajstić information content (AvgIpc) is 3.09. The topological polar surface area (TPSA) is 78.3 Å². The van der Waals surface area contributed by atoms with Crippen LogP contribution in [0.5, 0.6) is 11.5 Å². The molecular weight excluding hydrogens is 332 g/mol. The van der Waals surface area contributed by atoms with E-state index in [2.05, 4.69) is 15.6 Å². The number of hydrogen-bond acceptors (Lipinski definition) is 5. The maximum absolute atomic E-state index is 12.6. The normalized spacial score (nSPS) is 12.0. The van der Waals surface area contributed by atoms with Crippen LogP contribution in [-0.2, 0) is 6.54 Å². The Kier molecular flexibility index (Phi) is 5.06. The van der Waals surface area contributed by atoms with E-state index in [9.17, 15) is 4.79 Å². The summed E-state index contributed by atoms with van der Waals surface area (Å²) in [5, 5.41) is 11.2. The third-order valence-electron chi connectivity index (χ3n) is 4.33. The van der Waals surface area contributed by atoms with Crippen molar-refractivity contribution in [2.75, 3.05) is 14.2 Å². The Hall–Kier alpha value is -3.09. The summed E-state index contributed by atoms with van der Waals surface area (Å²) in [5.41, 5.74) is 3.03. The minimum atomic E-state index is -0.231. The molecule has 1 amide bonds. The number of carbonyl (C=O) groups is 1. The fraction of sp³-hybridized carbons (Fsp3) is 0.316. The number of nitrogens with one attached hydrogen (secondary N) is 1. The lowest BCUT2D eigenvalue weighted by Gasteiger charge is -2.18. The van der Waals surface area contributed by atoms with Crippen molar-refractivity contribution in [1.29, 1.82) is 0 Å². The summed E-state index contributed by atoms with van der Waals surface area (Å²) in [6.45, 7) is 4.64. The van der Waals surface area contributed by atoms with E-state index in [0.717, 1.165) is 17.6 Å². The number of nitrogens with zero attached hydrogens (tertiary/aromatic N) is 3. The maximum atomic E-state index is 12.6. The molecule has 2 aromatic carbocycles. The smallest absolute Gasteiger partial charge is 0.251 e. The third-order valence-corrected chi connectivity index (χ3v) is 4.33. The van der Waals surface area contributed by atoms with Crippen LogP contribution in [0.25, 0.3) is 11.0 Å². The molecule has 0 radical (unpaired) electrons. The van der Waals surface area contributed by atoms with Crippen molar-refractivity contribution >= 4 is 16.9 Å². The van der Waals surface area contributed by atoms with Gasteiger partial charge in [-0.3, -0.25) is 4.79 Å². The highest BCUT2D eigenvalue weighted by Gasteiger charge is 2.17. The summed E-state index contributed by atoms with van der Waals surface area (Å²) in [6.07, 6.45) is 0. The van der Waals surface area contributed by atoms with E-state index >= 15 is 0 Å². The molecule has 0 fully saturated rings. The number of aryl methyl sites for hydroxylation is 1. The lowest BCUT2D eigenvalue weighted by molar-refractivity contribution is 0.0939. The molecule has 0 aliphatic rings. The van der Waals surface area contributed by atoms with E-state index in [0.29, 0.717) is 22.6 Å². The summed E-state index contributed by atoms with van der Waals surface area (Å²) < 4.78 is 12.4. The molecule has 1 aromatic heterocycles. The van der Waals surface area contributed by atoms with Gasteiger partial charge in [-0.1, -0.05) is 5.21 Å². The second-order valence-corrected chi connectivity index (χ2v) is 5.91. The van der Waals surface area contributed by atoms with Crippen LogP contribution in [0.2, 0.25) is 0 Å². The van der Waals surface area contributed by atoms with Crippen LogP contribution in [0, 0.1) is 0 Å². The van der Waals surface area contributed by atoms with Gasteiger partial charge in [-0.05, 0) is 44.2 Å². The molecule has 136 valence electrons. The minimum Gasteiger partial charge on any atom is -0.497 e. The van der Waals surface area contributed by atoms with Crippen LogP contribution in [0.3, 0.4) is 0 Å². The van der Waals surface area contributed by atoms with Crippen LogP contribution in [0.1, 0.15) is 35.8 Å². The molecule has 1 unspecified atom stereocenters. The highest BCUT2D eigenvalue weighted by molar-refractivity contribution is 5.97. The van der Waals surface area contributed by atoms with E-state index in [-0.39, 0.29) is 11.9 Å². The maximum Gasteiger partial charge on any atom is 0.251 e. The number of amides is 1. The predicted molar refractivity (Wildman–Crippen MR) is 98.6 cm³/mol. The van der Waals surface area contributed by atoms with Gasteiger partial charge in [0, 0.05) is 23.7 Å². The molecule has 1 N–H and O–H groups in total. The molecule has 7 nitrogen and oxygen atoms in total. The largest absolute Gasteiger partial charge is 0.497 e. The molecule has 3 aromatic rings. The first kappa shape index (κ1) is 17.7. The van der Waals surface area contributed by atoms with Gasteiger partial charge in [0.05, 0.1) is 25.8 Å². The van der Waals surface area contributed by atoms with Crippen LogP contribution >= 0.6 is 0 Å². The van der Waals surface area contributed by atoms with Gasteiger partial charge in [0.15, 0.2) is 0 Å². The second-order valence-electron chi connectivity index (χ2n) is 5.91. The van der Waals surface area contributed by atoms with Gasteiger partial charge in [-0.2, -0.15) is 0 Å². The zero-order valence-electron chi connectivity index (χ0n) is 15.3. The molecule has 7 heteroatoms. The summed E-state index contributed by atoms with van der Waals surface area (Å²) >= 11 is 0. The first-order chi connectivity index (χ1) is 12.6. The Bertz CT molecular complexity index is 936. The van der Waals surface area contributed by atoms with Gasteiger partial charge in [0.25, 0.3) is 5.91 Å². The lowest BCUT2D eigenvalue weighted by Crippen LogP contribution is -2.26. The monoisotopic (exact) mass is 354 g/mol. The number of ether oxygens (including phenoxy) is 2. The number of methoxy groups -OCH3 is 2. The Morgan fingerprint density at radius 2 is 2.00 bits per heavy atom. The van der Waals surface area contributed by atoms with Crippen LogP contribution < -0.4 is 14.8 Å². The highest BCUT2D eigenvalue weighted by Crippen LogP contribution is 2.29. The number of benzene rings is 2. The fourth-order valence-electron chi connectivity index (χ4n) is 2.88. The summed E-state index contributed by atoms with van der Waals surface area (Å²) in [6, 6.07) is 10.7. The molecule has 0 saturated carbocycles. The molecule has 0 spiro atoms. The number of rotatable bonds is 6. The van der Waals surface area contributed by atoms with Gasteiger partial charge < -0.3 is 14.8 Å². The zero-order chi connectivity index (χ0) is 18.7. The molecule has 0 aliphatic carbocycles. The molecule has 0 aliphatic heterocycles.